The summed E-state index contributed by atoms with van der Waals surface area (Å²) in [5.74, 6) is 1.05. The fraction of sp³-hybridized carbons (Fsp3) is 0.647. The standard InChI is InChI=1S/C17H26N2O/c1-13(2)19-9-6-16(7-10-19)20-17-4-3-14-5-8-18-12-15(14)11-17/h3-4,11,13,16,18H,5-10,12H2,1-2H3. The van der Waals surface area contributed by atoms with Gasteiger partial charge in [0.15, 0.2) is 0 Å². The maximum atomic E-state index is 6.20. The highest BCUT2D eigenvalue weighted by molar-refractivity contribution is 5.37. The van der Waals surface area contributed by atoms with Crippen molar-refractivity contribution >= 4 is 0 Å². The van der Waals surface area contributed by atoms with Gasteiger partial charge in [0.25, 0.3) is 0 Å². The lowest BCUT2D eigenvalue weighted by Crippen LogP contribution is -2.41. The van der Waals surface area contributed by atoms with Gasteiger partial charge in [-0.25, -0.2) is 0 Å². The maximum Gasteiger partial charge on any atom is 0.120 e. The first kappa shape index (κ1) is 13.9. The minimum Gasteiger partial charge on any atom is -0.490 e. The number of nitrogens with one attached hydrogen (secondary N) is 1. The van der Waals surface area contributed by atoms with Crippen LogP contribution in [0, 0.1) is 0 Å². The lowest BCUT2D eigenvalue weighted by Gasteiger charge is -2.34. The SMILES string of the molecule is CC(C)N1CCC(Oc2ccc3c(c2)CNCC3)CC1. The minimum atomic E-state index is 0.389. The van der Waals surface area contributed by atoms with Gasteiger partial charge < -0.3 is 15.0 Å². The highest BCUT2D eigenvalue weighted by Gasteiger charge is 2.22. The summed E-state index contributed by atoms with van der Waals surface area (Å²) in [6, 6.07) is 7.29. The van der Waals surface area contributed by atoms with Gasteiger partial charge in [0.05, 0.1) is 0 Å². The van der Waals surface area contributed by atoms with Crippen molar-refractivity contribution in [3.05, 3.63) is 29.3 Å². The molecule has 0 radical (unpaired) electrons. The third-order valence-electron chi connectivity index (χ3n) is 4.57. The average Bonchev–Trinajstić information content (AvgIpc) is 2.48. The summed E-state index contributed by atoms with van der Waals surface area (Å²) in [5, 5.41) is 3.43. The van der Waals surface area contributed by atoms with Crippen molar-refractivity contribution in [1.29, 1.82) is 0 Å². The molecule has 0 spiro atoms. The molecule has 20 heavy (non-hydrogen) atoms. The monoisotopic (exact) mass is 274 g/mol. The highest BCUT2D eigenvalue weighted by Crippen LogP contribution is 2.24. The van der Waals surface area contributed by atoms with Crippen LogP contribution >= 0.6 is 0 Å². The Balaban J connectivity index is 1.59. The molecule has 1 N–H and O–H groups in total. The predicted molar refractivity (Wildman–Crippen MR) is 82.2 cm³/mol. The van der Waals surface area contributed by atoms with Gasteiger partial charge in [0.1, 0.15) is 11.9 Å². The number of rotatable bonds is 3. The number of hydrogen-bond donors (Lipinski definition) is 1. The molecule has 0 bridgehead atoms. The number of likely N-dealkylation sites (tertiary alicyclic amines) is 1. The minimum absolute atomic E-state index is 0.389. The summed E-state index contributed by atoms with van der Waals surface area (Å²) in [4.78, 5) is 2.54. The summed E-state index contributed by atoms with van der Waals surface area (Å²) in [6.07, 6.45) is 3.82. The second kappa shape index (κ2) is 6.15. The van der Waals surface area contributed by atoms with Crippen molar-refractivity contribution in [2.24, 2.45) is 0 Å². The van der Waals surface area contributed by atoms with Crippen LogP contribution in [0.25, 0.3) is 0 Å². The van der Waals surface area contributed by atoms with Crippen LogP contribution in [-0.2, 0) is 13.0 Å². The van der Waals surface area contributed by atoms with Gasteiger partial charge in [0, 0.05) is 25.7 Å². The van der Waals surface area contributed by atoms with E-state index in [1.54, 1.807) is 0 Å². The Labute approximate surface area is 122 Å². The third kappa shape index (κ3) is 3.15. The summed E-state index contributed by atoms with van der Waals surface area (Å²) in [7, 11) is 0. The molecule has 2 heterocycles. The van der Waals surface area contributed by atoms with Crippen molar-refractivity contribution in [2.45, 2.75) is 51.8 Å². The molecular formula is C17H26N2O. The molecule has 3 rings (SSSR count). The van der Waals surface area contributed by atoms with E-state index in [0.29, 0.717) is 12.1 Å². The molecule has 110 valence electrons. The molecule has 0 atom stereocenters. The van der Waals surface area contributed by atoms with Crippen LogP contribution in [0.4, 0.5) is 0 Å². The Bertz CT molecular complexity index is 450. The van der Waals surface area contributed by atoms with Crippen LogP contribution in [0.15, 0.2) is 18.2 Å². The van der Waals surface area contributed by atoms with Gasteiger partial charge >= 0.3 is 0 Å². The lowest BCUT2D eigenvalue weighted by atomic mass is 10.0. The molecule has 1 aromatic rings. The van der Waals surface area contributed by atoms with E-state index in [0.717, 1.165) is 51.2 Å². The molecule has 0 aliphatic carbocycles. The zero-order valence-electron chi connectivity index (χ0n) is 12.7. The van der Waals surface area contributed by atoms with Crippen LogP contribution in [0.3, 0.4) is 0 Å². The van der Waals surface area contributed by atoms with Crippen molar-refractivity contribution < 1.29 is 4.74 Å². The second-order valence-electron chi connectivity index (χ2n) is 6.30. The number of piperidine rings is 1. The van der Waals surface area contributed by atoms with Crippen molar-refractivity contribution in [1.82, 2.24) is 10.2 Å². The van der Waals surface area contributed by atoms with Gasteiger partial charge in [-0.3, -0.25) is 0 Å². The fourth-order valence-electron chi connectivity index (χ4n) is 3.23. The zero-order chi connectivity index (χ0) is 13.9. The summed E-state index contributed by atoms with van der Waals surface area (Å²) in [5.41, 5.74) is 2.89. The molecule has 1 saturated heterocycles. The first-order chi connectivity index (χ1) is 9.72. The molecule has 0 unspecified atom stereocenters. The normalized spacial score (nSPS) is 20.9. The molecule has 3 heteroatoms. The van der Waals surface area contributed by atoms with Crippen LogP contribution in [-0.4, -0.2) is 36.7 Å². The van der Waals surface area contributed by atoms with Crippen LogP contribution in [0.5, 0.6) is 5.75 Å². The molecule has 2 aliphatic rings. The summed E-state index contributed by atoms with van der Waals surface area (Å²) >= 11 is 0. The molecule has 1 fully saturated rings. The van der Waals surface area contributed by atoms with Crippen molar-refractivity contribution in [3.8, 4) is 5.75 Å². The molecular weight excluding hydrogens is 248 g/mol. The van der Waals surface area contributed by atoms with E-state index in [2.05, 4.69) is 42.3 Å². The highest BCUT2D eigenvalue weighted by atomic mass is 16.5. The van der Waals surface area contributed by atoms with E-state index in [1.807, 2.05) is 0 Å². The molecule has 0 amide bonds. The van der Waals surface area contributed by atoms with E-state index >= 15 is 0 Å². The first-order valence-electron chi connectivity index (χ1n) is 7.95. The Hall–Kier alpha value is -1.06. The van der Waals surface area contributed by atoms with Gasteiger partial charge in [-0.15, -0.1) is 0 Å². The number of ether oxygens (including phenoxy) is 1. The van der Waals surface area contributed by atoms with Crippen LogP contribution < -0.4 is 10.1 Å². The number of nitrogens with zero attached hydrogens (tertiary/aromatic N) is 1. The fourth-order valence-corrected chi connectivity index (χ4v) is 3.23. The van der Waals surface area contributed by atoms with E-state index in [-0.39, 0.29) is 0 Å². The quantitative estimate of drug-likeness (QED) is 0.917. The summed E-state index contributed by atoms with van der Waals surface area (Å²) in [6.45, 7) is 8.96. The molecule has 2 aliphatic heterocycles. The lowest BCUT2D eigenvalue weighted by molar-refractivity contribution is 0.0842. The van der Waals surface area contributed by atoms with Crippen LogP contribution in [0.1, 0.15) is 37.8 Å². The van der Waals surface area contributed by atoms with Crippen molar-refractivity contribution in [2.75, 3.05) is 19.6 Å². The third-order valence-corrected chi connectivity index (χ3v) is 4.57. The van der Waals surface area contributed by atoms with E-state index in [9.17, 15) is 0 Å². The molecule has 1 aromatic carbocycles. The summed E-state index contributed by atoms with van der Waals surface area (Å²) < 4.78 is 6.20. The Morgan fingerprint density at radius 2 is 2.00 bits per heavy atom. The number of fused-ring (bicyclic) bond motifs is 1. The van der Waals surface area contributed by atoms with E-state index in [4.69, 9.17) is 4.74 Å². The van der Waals surface area contributed by atoms with E-state index in [1.165, 1.54) is 11.1 Å². The molecule has 3 nitrogen and oxygen atoms in total. The topological polar surface area (TPSA) is 24.5 Å². The Morgan fingerprint density at radius 1 is 1.20 bits per heavy atom. The van der Waals surface area contributed by atoms with Crippen molar-refractivity contribution in [3.63, 3.8) is 0 Å². The predicted octanol–water partition coefficient (Wildman–Crippen LogP) is 2.58. The largest absolute Gasteiger partial charge is 0.490 e. The van der Waals surface area contributed by atoms with Crippen LogP contribution in [0.2, 0.25) is 0 Å². The second-order valence-corrected chi connectivity index (χ2v) is 6.30. The van der Waals surface area contributed by atoms with Gasteiger partial charge in [-0.05, 0) is 62.9 Å². The number of benzene rings is 1. The molecule has 0 aromatic heterocycles. The van der Waals surface area contributed by atoms with Gasteiger partial charge in [0.2, 0.25) is 0 Å². The Morgan fingerprint density at radius 3 is 2.75 bits per heavy atom. The zero-order valence-corrected chi connectivity index (χ0v) is 12.7. The first-order valence-corrected chi connectivity index (χ1v) is 7.95. The van der Waals surface area contributed by atoms with Gasteiger partial charge in [-0.1, -0.05) is 6.07 Å². The number of hydrogen-bond acceptors (Lipinski definition) is 3. The maximum absolute atomic E-state index is 6.20. The van der Waals surface area contributed by atoms with E-state index < -0.39 is 0 Å². The smallest absolute Gasteiger partial charge is 0.120 e. The average molecular weight is 274 g/mol. The Kier molecular flexibility index (Phi) is 4.27. The van der Waals surface area contributed by atoms with Gasteiger partial charge in [-0.2, -0.15) is 0 Å². The molecule has 0 saturated carbocycles.